The van der Waals surface area contributed by atoms with E-state index in [1.165, 1.54) is 0 Å². The van der Waals surface area contributed by atoms with Gasteiger partial charge in [0, 0.05) is 19.5 Å². The van der Waals surface area contributed by atoms with E-state index in [9.17, 15) is 14.7 Å². The maximum Gasteiger partial charge on any atom is 0.335 e. The average molecular weight is 367 g/mol. The molecule has 0 aliphatic carbocycles. The van der Waals surface area contributed by atoms with E-state index in [1.54, 1.807) is 18.2 Å². The molecule has 3 rings (SSSR count). The van der Waals surface area contributed by atoms with E-state index >= 15 is 0 Å². The monoisotopic (exact) mass is 367 g/mol. The Bertz CT molecular complexity index is 767. The Labute approximate surface area is 159 Å². The molecule has 142 valence electrons. The molecule has 5 nitrogen and oxygen atoms in total. The summed E-state index contributed by atoms with van der Waals surface area (Å²) < 4.78 is 5.82. The Balaban J connectivity index is 1.43. The molecule has 27 heavy (non-hydrogen) atoms. The van der Waals surface area contributed by atoms with Gasteiger partial charge in [-0.05, 0) is 48.9 Å². The van der Waals surface area contributed by atoms with E-state index in [0.29, 0.717) is 30.9 Å². The quantitative estimate of drug-likeness (QED) is 0.811. The molecule has 1 aliphatic rings. The summed E-state index contributed by atoms with van der Waals surface area (Å²) >= 11 is 0. The van der Waals surface area contributed by atoms with Crippen LogP contribution in [0, 0.1) is 5.92 Å². The molecule has 0 aromatic heterocycles. The van der Waals surface area contributed by atoms with E-state index < -0.39 is 5.97 Å². The molecule has 1 fully saturated rings. The number of ether oxygens (including phenoxy) is 1. The molecule has 0 radical (unpaired) electrons. The molecule has 1 heterocycles. The predicted octanol–water partition coefficient (Wildman–Crippen LogP) is 3.64. The van der Waals surface area contributed by atoms with Crippen molar-refractivity contribution in [2.24, 2.45) is 5.92 Å². The first kappa shape index (κ1) is 19.0. The fourth-order valence-corrected chi connectivity index (χ4v) is 3.43. The summed E-state index contributed by atoms with van der Waals surface area (Å²) in [4.78, 5) is 25.6. The Morgan fingerprint density at radius 1 is 1.00 bits per heavy atom. The topological polar surface area (TPSA) is 66.8 Å². The Kier molecular flexibility index (Phi) is 6.47. The average Bonchev–Trinajstić information content (AvgIpc) is 2.71. The zero-order chi connectivity index (χ0) is 19.1. The van der Waals surface area contributed by atoms with Crippen LogP contribution in [0.15, 0.2) is 54.6 Å². The van der Waals surface area contributed by atoms with Gasteiger partial charge in [-0.2, -0.15) is 0 Å². The number of likely N-dealkylation sites (tertiary alicyclic amines) is 1. The lowest BCUT2D eigenvalue weighted by atomic mass is 9.97. The standard InChI is InChI=1S/C22H25NO4/c24-21(11-10-18-6-4-5-9-20(18)22(25)26)23-14-12-17(13-15-23)16-27-19-7-2-1-3-8-19/h1-9,17H,10-16H2,(H,25,26). The van der Waals surface area contributed by atoms with Gasteiger partial charge in [-0.15, -0.1) is 0 Å². The highest BCUT2D eigenvalue weighted by molar-refractivity contribution is 5.89. The SMILES string of the molecule is O=C(O)c1ccccc1CCC(=O)N1CCC(COc2ccccc2)CC1. The van der Waals surface area contributed by atoms with Crippen LogP contribution in [-0.4, -0.2) is 41.6 Å². The van der Waals surface area contributed by atoms with Crippen LogP contribution in [-0.2, 0) is 11.2 Å². The van der Waals surface area contributed by atoms with Crippen LogP contribution in [0.4, 0.5) is 0 Å². The fourth-order valence-electron chi connectivity index (χ4n) is 3.43. The Morgan fingerprint density at radius 3 is 2.37 bits per heavy atom. The Morgan fingerprint density at radius 2 is 1.67 bits per heavy atom. The van der Waals surface area contributed by atoms with E-state index in [1.807, 2.05) is 41.3 Å². The molecule has 0 bridgehead atoms. The van der Waals surface area contributed by atoms with E-state index in [-0.39, 0.29) is 11.5 Å². The van der Waals surface area contributed by atoms with Gasteiger partial charge in [-0.1, -0.05) is 36.4 Å². The largest absolute Gasteiger partial charge is 0.493 e. The van der Waals surface area contributed by atoms with Gasteiger partial charge in [0.1, 0.15) is 5.75 Å². The third-order valence-corrected chi connectivity index (χ3v) is 5.05. The van der Waals surface area contributed by atoms with Crippen molar-refractivity contribution in [1.82, 2.24) is 4.90 Å². The van der Waals surface area contributed by atoms with Crippen molar-refractivity contribution in [2.75, 3.05) is 19.7 Å². The van der Waals surface area contributed by atoms with Crippen molar-refractivity contribution in [3.8, 4) is 5.75 Å². The summed E-state index contributed by atoms with van der Waals surface area (Å²) in [5.74, 6) is 0.491. The second kappa shape index (κ2) is 9.21. The third-order valence-electron chi connectivity index (χ3n) is 5.05. The van der Waals surface area contributed by atoms with Gasteiger partial charge in [0.05, 0.1) is 12.2 Å². The van der Waals surface area contributed by atoms with Gasteiger partial charge in [0.2, 0.25) is 5.91 Å². The molecule has 0 unspecified atom stereocenters. The van der Waals surface area contributed by atoms with Crippen molar-refractivity contribution in [2.45, 2.75) is 25.7 Å². The maximum atomic E-state index is 12.5. The molecule has 0 spiro atoms. The number of piperidine rings is 1. The van der Waals surface area contributed by atoms with Crippen molar-refractivity contribution >= 4 is 11.9 Å². The first-order chi connectivity index (χ1) is 13.1. The van der Waals surface area contributed by atoms with Crippen LogP contribution < -0.4 is 4.74 Å². The van der Waals surface area contributed by atoms with E-state index in [2.05, 4.69) is 0 Å². The highest BCUT2D eigenvalue weighted by Crippen LogP contribution is 2.20. The van der Waals surface area contributed by atoms with Crippen LogP contribution in [0.1, 0.15) is 35.2 Å². The normalized spacial score (nSPS) is 14.7. The summed E-state index contributed by atoms with van der Waals surface area (Å²) in [6.45, 7) is 2.16. The molecule has 2 aromatic rings. The first-order valence-electron chi connectivity index (χ1n) is 9.40. The lowest BCUT2D eigenvalue weighted by Crippen LogP contribution is -2.39. The number of benzene rings is 2. The van der Waals surface area contributed by atoms with Gasteiger partial charge in [-0.25, -0.2) is 4.79 Å². The molecule has 1 amide bonds. The fraction of sp³-hybridized carbons (Fsp3) is 0.364. The minimum Gasteiger partial charge on any atom is -0.493 e. The number of amides is 1. The summed E-state index contributed by atoms with van der Waals surface area (Å²) in [6.07, 6.45) is 2.67. The number of hydrogen-bond donors (Lipinski definition) is 1. The second-order valence-corrected chi connectivity index (χ2v) is 6.91. The zero-order valence-electron chi connectivity index (χ0n) is 15.3. The molecular formula is C22H25NO4. The molecule has 1 N–H and O–H groups in total. The minimum absolute atomic E-state index is 0.0950. The second-order valence-electron chi connectivity index (χ2n) is 6.91. The molecule has 0 atom stereocenters. The lowest BCUT2D eigenvalue weighted by molar-refractivity contribution is -0.132. The molecular weight excluding hydrogens is 342 g/mol. The van der Waals surface area contributed by atoms with Crippen LogP contribution in [0.3, 0.4) is 0 Å². The van der Waals surface area contributed by atoms with Gasteiger partial charge in [0.25, 0.3) is 0 Å². The molecule has 5 heteroatoms. The van der Waals surface area contributed by atoms with Crippen molar-refractivity contribution in [1.29, 1.82) is 0 Å². The van der Waals surface area contributed by atoms with Gasteiger partial charge < -0.3 is 14.7 Å². The van der Waals surface area contributed by atoms with Gasteiger partial charge >= 0.3 is 5.97 Å². The number of nitrogens with zero attached hydrogens (tertiary/aromatic N) is 1. The highest BCUT2D eigenvalue weighted by Gasteiger charge is 2.23. The molecule has 1 aliphatic heterocycles. The van der Waals surface area contributed by atoms with Crippen LogP contribution in [0.2, 0.25) is 0 Å². The smallest absolute Gasteiger partial charge is 0.335 e. The summed E-state index contributed by atoms with van der Waals surface area (Å²) in [6, 6.07) is 16.7. The summed E-state index contributed by atoms with van der Waals surface area (Å²) in [5.41, 5.74) is 0.992. The zero-order valence-corrected chi connectivity index (χ0v) is 15.3. The van der Waals surface area contributed by atoms with E-state index in [0.717, 1.165) is 31.7 Å². The maximum absolute atomic E-state index is 12.5. The van der Waals surface area contributed by atoms with Gasteiger partial charge in [0.15, 0.2) is 0 Å². The number of carbonyl (C=O) groups is 2. The number of carboxylic acids is 1. The van der Waals surface area contributed by atoms with Crippen molar-refractivity contribution < 1.29 is 19.4 Å². The van der Waals surface area contributed by atoms with E-state index in [4.69, 9.17) is 4.74 Å². The first-order valence-corrected chi connectivity index (χ1v) is 9.40. The van der Waals surface area contributed by atoms with Crippen LogP contribution in [0.25, 0.3) is 0 Å². The van der Waals surface area contributed by atoms with Crippen LogP contribution in [0.5, 0.6) is 5.75 Å². The Hall–Kier alpha value is -2.82. The number of rotatable bonds is 7. The van der Waals surface area contributed by atoms with Crippen molar-refractivity contribution in [3.63, 3.8) is 0 Å². The number of aromatic carboxylic acids is 1. The molecule has 0 saturated carbocycles. The van der Waals surface area contributed by atoms with Crippen LogP contribution >= 0.6 is 0 Å². The lowest BCUT2D eigenvalue weighted by Gasteiger charge is -2.32. The minimum atomic E-state index is -0.947. The third kappa shape index (κ3) is 5.33. The number of carbonyl (C=O) groups excluding carboxylic acids is 1. The predicted molar refractivity (Wildman–Crippen MR) is 103 cm³/mol. The highest BCUT2D eigenvalue weighted by atomic mass is 16.5. The number of para-hydroxylation sites is 1. The number of carboxylic acid groups (broad SMARTS) is 1. The molecule has 2 aromatic carbocycles. The summed E-state index contributed by atoms with van der Waals surface area (Å²) in [5, 5.41) is 9.23. The number of aryl methyl sites for hydroxylation is 1. The molecule has 1 saturated heterocycles. The number of hydrogen-bond acceptors (Lipinski definition) is 3. The van der Waals surface area contributed by atoms with Gasteiger partial charge in [-0.3, -0.25) is 4.79 Å². The summed E-state index contributed by atoms with van der Waals surface area (Å²) in [7, 11) is 0. The van der Waals surface area contributed by atoms with Crippen molar-refractivity contribution in [3.05, 3.63) is 65.7 Å².